The van der Waals surface area contributed by atoms with E-state index in [0.717, 1.165) is 18.8 Å². The number of nitrogens with zero attached hydrogens (tertiary/aromatic N) is 2. The molecule has 0 saturated heterocycles. The molecule has 1 aromatic heterocycles. The molecule has 0 spiro atoms. The van der Waals surface area contributed by atoms with Crippen molar-refractivity contribution in [1.29, 1.82) is 0 Å². The first-order chi connectivity index (χ1) is 8.24. The third-order valence-electron chi connectivity index (χ3n) is 2.92. The Morgan fingerprint density at radius 1 is 1.35 bits per heavy atom. The van der Waals surface area contributed by atoms with Gasteiger partial charge in [-0.15, -0.1) is 0 Å². The topological polar surface area (TPSA) is 33.6 Å². The summed E-state index contributed by atoms with van der Waals surface area (Å²) in [5.41, 5.74) is 1.26. The summed E-state index contributed by atoms with van der Waals surface area (Å²) in [6.45, 7) is 5.22. The molecule has 0 saturated carbocycles. The van der Waals surface area contributed by atoms with Crippen LogP contribution in [0.1, 0.15) is 37.6 Å². The molecule has 0 amide bonds. The number of hydrogen-bond acceptors (Lipinski definition) is 2. The fourth-order valence-electron chi connectivity index (χ4n) is 1.99. The minimum absolute atomic E-state index is 0.260. The van der Waals surface area contributed by atoms with Crippen LogP contribution in [0.3, 0.4) is 0 Å². The van der Waals surface area contributed by atoms with Gasteiger partial charge in [-0.2, -0.15) is 5.10 Å². The van der Waals surface area contributed by atoms with Gasteiger partial charge in [-0.1, -0.05) is 44.2 Å². The van der Waals surface area contributed by atoms with Gasteiger partial charge in [0.15, 0.2) is 4.77 Å². The van der Waals surface area contributed by atoms with E-state index in [9.17, 15) is 0 Å². The normalized spacial score (nSPS) is 12.6. The van der Waals surface area contributed by atoms with E-state index in [1.165, 1.54) is 5.56 Å². The lowest BCUT2D eigenvalue weighted by molar-refractivity contribution is 0.615. The zero-order valence-electron chi connectivity index (χ0n) is 10.2. The van der Waals surface area contributed by atoms with Gasteiger partial charge in [-0.3, -0.25) is 5.10 Å². The summed E-state index contributed by atoms with van der Waals surface area (Å²) in [6, 6.07) is 10.4. The second kappa shape index (κ2) is 5.27. The van der Waals surface area contributed by atoms with Gasteiger partial charge < -0.3 is 4.57 Å². The maximum atomic E-state index is 5.25. The Morgan fingerprint density at radius 3 is 2.71 bits per heavy atom. The molecule has 3 nitrogen and oxygen atoms in total. The van der Waals surface area contributed by atoms with Crippen LogP contribution in [0.15, 0.2) is 30.3 Å². The lowest BCUT2D eigenvalue weighted by atomic mass is 10.0. The number of nitrogens with one attached hydrogen (secondary N) is 1. The van der Waals surface area contributed by atoms with E-state index in [4.69, 9.17) is 12.2 Å². The molecule has 4 heteroatoms. The number of benzene rings is 1. The second-order valence-corrected chi connectivity index (χ2v) is 4.56. The summed E-state index contributed by atoms with van der Waals surface area (Å²) < 4.78 is 2.80. The predicted molar refractivity (Wildman–Crippen MR) is 71.7 cm³/mol. The van der Waals surface area contributed by atoms with E-state index in [1.54, 1.807) is 0 Å². The summed E-state index contributed by atoms with van der Waals surface area (Å²) in [5.74, 6) is 1.28. The van der Waals surface area contributed by atoms with Crippen molar-refractivity contribution in [3.8, 4) is 0 Å². The fourth-order valence-corrected chi connectivity index (χ4v) is 2.22. The Hall–Kier alpha value is -1.42. The molecule has 17 heavy (non-hydrogen) atoms. The number of aromatic amines is 1. The number of aromatic nitrogens is 3. The monoisotopic (exact) mass is 247 g/mol. The van der Waals surface area contributed by atoms with Crippen LogP contribution < -0.4 is 0 Å². The Labute approximate surface area is 106 Å². The molecule has 2 aromatic rings. The second-order valence-electron chi connectivity index (χ2n) is 4.17. The van der Waals surface area contributed by atoms with Gasteiger partial charge in [0, 0.05) is 12.5 Å². The Balaban J connectivity index is 2.37. The highest BCUT2D eigenvalue weighted by Gasteiger charge is 2.15. The maximum absolute atomic E-state index is 5.25. The molecule has 0 aliphatic heterocycles. The van der Waals surface area contributed by atoms with Crippen LogP contribution in [0.2, 0.25) is 0 Å². The molecule has 0 fully saturated rings. The highest BCUT2D eigenvalue weighted by Crippen LogP contribution is 2.22. The van der Waals surface area contributed by atoms with Crippen LogP contribution in [-0.2, 0) is 6.54 Å². The molecule has 1 unspecified atom stereocenters. The van der Waals surface area contributed by atoms with Gasteiger partial charge in [-0.25, -0.2) is 0 Å². The summed E-state index contributed by atoms with van der Waals surface area (Å²) in [4.78, 5) is 0. The van der Waals surface area contributed by atoms with Crippen molar-refractivity contribution in [2.75, 3.05) is 0 Å². The smallest absolute Gasteiger partial charge is 0.195 e. The SMILES string of the molecule is CCCn1c(C(C)c2ccccc2)n[nH]c1=S. The molecular weight excluding hydrogens is 230 g/mol. The highest BCUT2D eigenvalue weighted by molar-refractivity contribution is 7.71. The molecule has 0 radical (unpaired) electrons. The standard InChI is InChI=1S/C13H17N3S/c1-3-9-16-12(14-15-13(16)17)10(2)11-7-5-4-6-8-11/h4-8,10H,3,9H2,1-2H3,(H,15,17). The number of rotatable bonds is 4. The summed E-state index contributed by atoms with van der Waals surface area (Å²) in [5, 5.41) is 7.24. The molecule has 1 aromatic carbocycles. The molecule has 1 N–H and O–H groups in total. The van der Waals surface area contributed by atoms with Crippen LogP contribution in [0.25, 0.3) is 0 Å². The molecular formula is C13H17N3S. The molecule has 0 aliphatic rings. The summed E-state index contributed by atoms with van der Waals surface area (Å²) in [7, 11) is 0. The molecule has 1 atom stereocenters. The van der Waals surface area contributed by atoms with E-state index in [-0.39, 0.29) is 5.92 Å². The van der Waals surface area contributed by atoms with E-state index < -0.39 is 0 Å². The van der Waals surface area contributed by atoms with Crippen LogP contribution >= 0.6 is 12.2 Å². The third-order valence-corrected chi connectivity index (χ3v) is 3.23. The minimum atomic E-state index is 0.260. The molecule has 0 bridgehead atoms. The Bertz CT molecular complexity index is 527. The van der Waals surface area contributed by atoms with E-state index in [0.29, 0.717) is 4.77 Å². The molecule has 2 rings (SSSR count). The highest BCUT2D eigenvalue weighted by atomic mass is 32.1. The van der Waals surface area contributed by atoms with Crippen molar-refractivity contribution in [2.24, 2.45) is 0 Å². The Kier molecular flexibility index (Phi) is 3.74. The first kappa shape index (κ1) is 12.0. The summed E-state index contributed by atoms with van der Waals surface area (Å²) >= 11 is 5.25. The van der Waals surface area contributed by atoms with Gasteiger partial charge in [-0.05, 0) is 24.2 Å². The number of H-pyrrole nitrogens is 1. The van der Waals surface area contributed by atoms with Crippen LogP contribution in [0, 0.1) is 4.77 Å². The third kappa shape index (κ3) is 2.47. The van der Waals surface area contributed by atoms with Gasteiger partial charge in [0.05, 0.1) is 0 Å². The molecule has 90 valence electrons. The average molecular weight is 247 g/mol. The van der Waals surface area contributed by atoms with Crippen LogP contribution in [-0.4, -0.2) is 14.8 Å². The lowest BCUT2D eigenvalue weighted by Crippen LogP contribution is -2.08. The van der Waals surface area contributed by atoms with Gasteiger partial charge >= 0.3 is 0 Å². The quantitative estimate of drug-likeness (QED) is 0.839. The summed E-state index contributed by atoms with van der Waals surface area (Å²) in [6.07, 6.45) is 1.06. The van der Waals surface area contributed by atoms with Crippen molar-refractivity contribution >= 4 is 12.2 Å². The van der Waals surface area contributed by atoms with Crippen molar-refractivity contribution in [1.82, 2.24) is 14.8 Å². The maximum Gasteiger partial charge on any atom is 0.195 e. The Morgan fingerprint density at radius 2 is 2.06 bits per heavy atom. The van der Waals surface area contributed by atoms with Crippen molar-refractivity contribution in [2.45, 2.75) is 32.7 Å². The average Bonchev–Trinajstić information content (AvgIpc) is 2.72. The van der Waals surface area contributed by atoms with Crippen molar-refractivity contribution in [3.63, 3.8) is 0 Å². The van der Waals surface area contributed by atoms with Crippen molar-refractivity contribution < 1.29 is 0 Å². The first-order valence-electron chi connectivity index (χ1n) is 5.94. The largest absolute Gasteiger partial charge is 0.304 e. The number of hydrogen-bond donors (Lipinski definition) is 1. The lowest BCUT2D eigenvalue weighted by Gasteiger charge is -2.12. The molecule has 0 aliphatic carbocycles. The van der Waals surface area contributed by atoms with Crippen LogP contribution in [0.4, 0.5) is 0 Å². The van der Waals surface area contributed by atoms with E-state index in [2.05, 4.69) is 52.9 Å². The zero-order valence-corrected chi connectivity index (χ0v) is 11.0. The predicted octanol–water partition coefficient (Wildman–Crippen LogP) is 3.50. The van der Waals surface area contributed by atoms with Gasteiger partial charge in [0.2, 0.25) is 0 Å². The van der Waals surface area contributed by atoms with Gasteiger partial charge in [0.1, 0.15) is 5.82 Å². The van der Waals surface area contributed by atoms with E-state index >= 15 is 0 Å². The van der Waals surface area contributed by atoms with Crippen LogP contribution in [0.5, 0.6) is 0 Å². The zero-order chi connectivity index (χ0) is 12.3. The fraction of sp³-hybridized carbons (Fsp3) is 0.385. The van der Waals surface area contributed by atoms with E-state index in [1.807, 2.05) is 6.07 Å². The molecule has 1 heterocycles. The van der Waals surface area contributed by atoms with Gasteiger partial charge in [0.25, 0.3) is 0 Å². The minimum Gasteiger partial charge on any atom is -0.304 e. The van der Waals surface area contributed by atoms with Crippen molar-refractivity contribution in [3.05, 3.63) is 46.5 Å². The first-order valence-corrected chi connectivity index (χ1v) is 6.35.